The first-order valence-electron chi connectivity index (χ1n) is 9.43. The lowest BCUT2D eigenvalue weighted by atomic mass is 10.0. The molecule has 4 rings (SSSR count). The van der Waals surface area contributed by atoms with Crippen molar-refractivity contribution in [3.63, 3.8) is 0 Å². The summed E-state index contributed by atoms with van der Waals surface area (Å²) in [6, 6.07) is 23.8. The van der Waals surface area contributed by atoms with E-state index >= 15 is 0 Å². The molecule has 6 heteroatoms. The molecule has 0 fully saturated rings. The molecule has 0 saturated heterocycles. The lowest BCUT2D eigenvalue weighted by molar-refractivity contribution is 0.130. The van der Waals surface area contributed by atoms with Gasteiger partial charge in [-0.1, -0.05) is 83.0 Å². The lowest BCUT2D eigenvalue weighted by Gasteiger charge is -2.10. The summed E-state index contributed by atoms with van der Waals surface area (Å²) >= 11 is 12.4. The van der Waals surface area contributed by atoms with E-state index < -0.39 is 0 Å². The van der Waals surface area contributed by atoms with Crippen molar-refractivity contribution in [2.45, 2.75) is 13.2 Å². The number of hydrogen-bond acceptors (Lipinski definition) is 3. The third kappa shape index (κ3) is 5.09. The summed E-state index contributed by atoms with van der Waals surface area (Å²) < 4.78 is 1.90. The second-order valence-electron chi connectivity index (χ2n) is 6.73. The molecule has 3 aromatic carbocycles. The van der Waals surface area contributed by atoms with Crippen LogP contribution < -0.4 is 0 Å². The molecular weight excluding hydrogens is 417 g/mol. The number of oxime groups is 1. The largest absolute Gasteiger partial charge is 0.391 e. The summed E-state index contributed by atoms with van der Waals surface area (Å²) in [5.41, 5.74) is 4.84. The van der Waals surface area contributed by atoms with E-state index in [2.05, 4.69) is 34.4 Å². The van der Waals surface area contributed by atoms with Crippen molar-refractivity contribution in [1.29, 1.82) is 0 Å². The van der Waals surface area contributed by atoms with Crippen molar-refractivity contribution < 1.29 is 4.84 Å². The van der Waals surface area contributed by atoms with E-state index in [1.807, 2.05) is 47.2 Å². The fourth-order valence-corrected chi connectivity index (χ4v) is 3.57. The van der Waals surface area contributed by atoms with Gasteiger partial charge < -0.3 is 9.40 Å². The summed E-state index contributed by atoms with van der Waals surface area (Å²) in [5.74, 6) is 0. The van der Waals surface area contributed by atoms with Gasteiger partial charge in [0.15, 0.2) is 0 Å². The Balaban J connectivity index is 1.49. The summed E-state index contributed by atoms with van der Waals surface area (Å²) in [7, 11) is 0. The second kappa shape index (κ2) is 9.61. The minimum atomic E-state index is 0.355. The molecule has 0 aliphatic rings. The van der Waals surface area contributed by atoms with Gasteiger partial charge in [-0.3, -0.25) is 0 Å². The Kier molecular flexibility index (Phi) is 6.47. The zero-order valence-electron chi connectivity index (χ0n) is 16.1. The summed E-state index contributed by atoms with van der Waals surface area (Å²) in [6.45, 7) is 0.835. The number of rotatable bonds is 7. The number of nitrogens with zero attached hydrogens (tertiary/aromatic N) is 3. The average molecular weight is 436 g/mol. The highest BCUT2D eigenvalue weighted by molar-refractivity contribution is 6.37. The molecule has 0 N–H and O–H groups in total. The Labute approximate surface area is 185 Å². The Morgan fingerprint density at radius 1 is 0.933 bits per heavy atom. The van der Waals surface area contributed by atoms with Gasteiger partial charge in [-0.15, -0.1) is 0 Å². The van der Waals surface area contributed by atoms with Gasteiger partial charge in [-0.25, -0.2) is 4.98 Å². The van der Waals surface area contributed by atoms with Gasteiger partial charge in [-0.05, 0) is 34.9 Å². The molecule has 4 aromatic rings. The van der Waals surface area contributed by atoms with E-state index in [4.69, 9.17) is 28.0 Å². The minimum absolute atomic E-state index is 0.355. The number of hydrogen-bond donors (Lipinski definition) is 0. The number of halogens is 2. The quantitative estimate of drug-likeness (QED) is 0.246. The van der Waals surface area contributed by atoms with Crippen LogP contribution in [-0.2, 0) is 18.0 Å². The van der Waals surface area contributed by atoms with Crippen molar-refractivity contribution in [2.24, 2.45) is 5.16 Å². The predicted octanol–water partition coefficient (Wildman–Crippen LogP) is 6.48. The van der Waals surface area contributed by atoms with Gasteiger partial charge in [0.25, 0.3) is 0 Å². The van der Waals surface area contributed by atoms with Crippen LogP contribution in [0.2, 0.25) is 10.0 Å². The highest BCUT2D eigenvalue weighted by Crippen LogP contribution is 2.23. The Hall–Kier alpha value is -3.08. The van der Waals surface area contributed by atoms with E-state index in [1.165, 1.54) is 5.56 Å². The van der Waals surface area contributed by atoms with Crippen LogP contribution in [0.4, 0.5) is 0 Å². The van der Waals surface area contributed by atoms with Crippen LogP contribution in [0.1, 0.15) is 11.1 Å². The zero-order valence-corrected chi connectivity index (χ0v) is 17.6. The van der Waals surface area contributed by atoms with Gasteiger partial charge in [0.05, 0.1) is 17.9 Å². The molecule has 0 radical (unpaired) electrons. The lowest BCUT2D eigenvalue weighted by Crippen LogP contribution is -2.12. The Bertz CT molecular complexity index is 1130. The first-order valence-corrected chi connectivity index (χ1v) is 10.2. The van der Waals surface area contributed by atoms with Crippen LogP contribution >= 0.6 is 23.2 Å². The van der Waals surface area contributed by atoms with E-state index in [0.717, 1.165) is 16.7 Å². The maximum atomic E-state index is 6.39. The maximum Gasteiger partial charge on any atom is 0.142 e. The van der Waals surface area contributed by atoms with Gasteiger partial charge in [0.2, 0.25) is 0 Å². The molecule has 0 bridgehead atoms. The minimum Gasteiger partial charge on any atom is -0.391 e. The smallest absolute Gasteiger partial charge is 0.142 e. The average Bonchev–Trinajstić information content (AvgIpc) is 3.28. The first-order chi connectivity index (χ1) is 14.7. The molecule has 0 aliphatic heterocycles. The molecule has 4 nitrogen and oxygen atoms in total. The third-order valence-corrected chi connectivity index (χ3v) is 5.15. The molecule has 1 heterocycles. The molecular formula is C24H19Cl2N3O. The van der Waals surface area contributed by atoms with Gasteiger partial charge in [0, 0.05) is 23.0 Å². The molecule has 1 aromatic heterocycles. The van der Waals surface area contributed by atoms with E-state index in [-0.39, 0.29) is 0 Å². The summed E-state index contributed by atoms with van der Waals surface area (Å²) in [4.78, 5) is 9.76. The summed E-state index contributed by atoms with van der Waals surface area (Å²) in [5, 5.41) is 5.48. The number of benzene rings is 3. The standard InChI is InChI=1S/C24H19Cl2N3O/c25-21-10-11-22(23(26)14-21)24(15-29-13-12-27-17-29)28-30-16-18-6-8-20(9-7-18)19-4-2-1-3-5-19/h1-14,17H,15-16H2/b28-24+. The topological polar surface area (TPSA) is 39.4 Å². The Morgan fingerprint density at radius 2 is 1.70 bits per heavy atom. The van der Waals surface area contributed by atoms with Gasteiger partial charge in [-0.2, -0.15) is 0 Å². The predicted molar refractivity (Wildman–Crippen MR) is 122 cm³/mol. The van der Waals surface area contributed by atoms with E-state index in [9.17, 15) is 0 Å². The molecule has 0 atom stereocenters. The zero-order chi connectivity index (χ0) is 20.8. The molecule has 0 unspecified atom stereocenters. The van der Waals surface area contributed by atoms with Crippen molar-refractivity contribution in [2.75, 3.05) is 0 Å². The van der Waals surface area contributed by atoms with Crippen LogP contribution in [0.15, 0.2) is 96.7 Å². The molecule has 30 heavy (non-hydrogen) atoms. The van der Waals surface area contributed by atoms with Crippen molar-refractivity contribution in [1.82, 2.24) is 9.55 Å². The Morgan fingerprint density at radius 3 is 2.40 bits per heavy atom. The normalized spacial score (nSPS) is 11.5. The molecule has 0 saturated carbocycles. The van der Waals surface area contributed by atoms with Gasteiger partial charge >= 0.3 is 0 Å². The second-order valence-corrected chi connectivity index (χ2v) is 7.58. The number of imidazole rings is 1. The fraction of sp³-hybridized carbons (Fsp3) is 0.0833. The van der Waals surface area contributed by atoms with Crippen molar-refractivity contribution in [3.05, 3.63) is 113 Å². The van der Waals surface area contributed by atoms with Crippen LogP contribution in [0.5, 0.6) is 0 Å². The van der Waals surface area contributed by atoms with Gasteiger partial charge in [0.1, 0.15) is 12.3 Å². The summed E-state index contributed by atoms with van der Waals surface area (Å²) in [6.07, 6.45) is 5.31. The van der Waals surface area contributed by atoms with E-state index in [1.54, 1.807) is 24.7 Å². The van der Waals surface area contributed by atoms with E-state index in [0.29, 0.717) is 28.9 Å². The number of aromatic nitrogens is 2. The van der Waals surface area contributed by atoms with Crippen molar-refractivity contribution in [3.8, 4) is 11.1 Å². The monoisotopic (exact) mass is 435 g/mol. The molecule has 0 amide bonds. The van der Waals surface area contributed by atoms with Crippen LogP contribution in [0.3, 0.4) is 0 Å². The van der Waals surface area contributed by atoms with Crippen molar-refractivity contribution >= 4 is 28.9 Å². The first kappa shape index (κ1) is 20.2. The third-order valence-electron chi connectivity index (χ3n) is 4.60. The molecule has 0 aliphatic carbocycles. The highest BCUT2D eigenvalue weighted by Gasteiger charge is 2.11. The molecule has 150 valence electrons. The van der Waals surface area contributed by atoms with Crippen LogP contribution in [0, 0.1) is 0 Å². The molecule has 0 spiro atoms. The fourth-order valence-electron chi connectivity index (χ4n) is 3.05. The van der Waals surface area contributed by atoms with Crippen LogP contribution in [-0.4, -0.2) is 15.3 Å². The maximum absolute atomic E-state index is 6.39. The highest BCUT2D eigenvalue weighted by atomic mass is 35.5. The van der Waals surface area contributed by atoms with Crippen LogP contribution in [0.25, 0.3) is 11.1 Å². The SMILES string of the molecule is Clc1ccc(/C(Cn2ccnc2)=N/OCc2ccc(-c3ccccc3)cc2)c(Cl)c1.